The predicted molar refractivity (Wildman–Crippen MR) is 84.0 cm³/mol. The van der Waals surface area contributed by atoms with Gasteiger partial charge in [-0.2, -0.15) is 16.9 Å². The number of aromatic nitrogens is 2. The van der Waals surface area contributed by atoms with Crippen LogP contribution in [0.15, 0.2) is 0 Å². The van der Waals surface area contributed by atoms with Gasteiger partial charge >= 0.3 is 0 Å². The van der Waals surface area contributed by atoms with E-state index in [0.29, 0.717) is 0 Å². The number of nitrogens with two attached hydrogens (primary N) is 1. The summed E-state index contributed by atoms with van der Waals surface area (Å²) in [5.41, 5.74) is 8.27. The van der Waals surface area contributed by atoms with Crippen LogP contribution < -0.4 is 5.73 Å². The Kier molecular flexibility index (Phi) is 5.60. The maximum atomic E-state index is 6.32. The zero-order valence-corrected chi connectivity index (χ0v) is 13.4. The number of halogens is 1. The van der Waals surface area contributed by atoms with Gasteiger partial charge in [0.05, 0.1) is 16.4 Å². The van der Waals surface area contributed by atoms with E-state index >= 15 is 0 Å². The first-order valence-corrected chi connectivity index (χ1v) is 8.63. The Balaban J connectivity index is 1.88. The number of hydrogen-bond donors (Lipinski definition) is 1. The SMILES string of the molecule is CCn1nc(C)c(Cl)c1CC(N)CSC1CCCC1. The lowest BCUT2D eigenvalue weighted by molar-refractivity contribution is 0.594. The van der Waals surface area contributed by atoms with E-state index in [2.05, 4.69) is 12.0 Å². The molecule has 1 unspecified atom stereocenters. The number of aryl methyl sites for hydroxylation is 2. The van der Waals surface area contributed by atoms with Crippen LogP contribution in [0.1, 0.15) is 44.0 Å². The minimum Gasteiger partial charge on any atom is -0.327 e. The monoisotopic (exact) mass is 301 g/mol. The highest BCUT2D eigenvalue weighted by atomic mass is 35.5. The first kappa shape index (κ1) is 15.2. The van der Waals surface area contributed by atoms with Gasteiger partial charge in [-0.3, -0.25) is 4.68 Å². The molecular formula is C14H24ClN3S. The van der Waals surface area contributed by atoms with Gasteiger partial charge in [0, 0.05) is 30.0 Å². The van der Waals surface area contributed by atoms with Crippen molar-refractivity contribution < 1.29 is 0 Å². The molecule has 0 bridgehead atoms. The van der Waals surface area contributed by atoms with Crippen LogP contribution in [-0.4, -0.2) is 26.8 Å². The normalized spacial score (nSPS) is 18.1. The second kappa shape index (κ2) is 7.00. The summed E-state index contributed by atoms with van der Waals surface area (Å²) in [4.78, 5) is 0. The third kappa shape index (κ3) is 3.89. The van der Waals surface area contributed by atoms with Gasteiger partial charge in [0.1, 0.15) is 0 Å². The molecular weight excluding hydrogens is 278 g/mol. The molecule has 2 N–H and O–H groups in total. The van der Waals surface area contributed by atoms with Crippen LogP contribution in [0.5, 0.6) is 0 Å². The quantitative estimate of drug-likeness (QED) is 0.875. The lowest BCUT2D eigenvalue weighted by Gasteiger charge is -2.15. The van der Waals surface area contributed by atoms with E-state index in [0.717, 1.165) is 40.4 Å². The first-order chi connectivity index (χ1) is 9.11. The molecule has 1 aliphatic rings. The van der Waals surface area contributed by atoms with E-state index in [-0.39, 0.29) is 6.04 Å². The van der Waals surface area contributed by atoms with Crippen molar-refractivity contribution in [3.8, 4) is 0 Å². The maximum Gasteiger partial charge on any atom is 0.0847 e. The molecule has 19 heavy (non-hydrogen) atoms. The summed E-state index contributed by atoms with van der Waals surface area (Å²) in [6, 6.07) is 0.171. The summed E-state index contributed by atoms with van der Waals surface area (Å²) in [5, 5.41) is 6.07. The second-order valence-electron chi connectivity index (χ2n) is 5.37. The Hall–Kier alpha value is -0.190. The molecule has 0 aliphatic heterocycles. The van der Waals surface area contributed by atoms with Crippen molar-refractivity contribution in [3.05, 3.63) is 16.4 Å². The Morgan fingerprint density at radius 1 is 1.47 bits per heavy atom. The van der Waals surface area contributed by atoms with E-state index in [9.17, 15) is 0 Å². The fraction of sp³-hybridized carbons (Fsp3) is 0.786. The Morgan fingerprint density at radius 3 is 2.79 bits per heavy atom. The zero-order valence-electron chi connectivity index (χ0n) is 11.9. The molecule has 0 saturated heterocycles. The van der Waals surface area contributed by atoms with Crippen molar-refractivity contribution in [2.45, 2.75) is 63.8 Å². The summed E-state index contributed by atoms with van der Waals surface area (Å²) in [5.74, 6) is 1.02. The number of thioether (sulfide) groups is 1. The van der Waals surface area contributed by atoms with E-state index in [4.69, 9.17) is 17.3 Å². The highest BCUT2D eigenvalue weighted by molar-refractivity contribution is 7.99. The summed E-state index contributed by atoms with van der Waals surface area (Å²) < 4.78 is 1.98. The Morgan fingerprint density at radius 2 is 2.16 bits per heavy atom. The summed E-state index contributed by atoms with van der Waals surface area (Å²) in [6.45, 7) is 4.90. The first-order valence-electron chi connectivity index (χ1n) is 7.20. The van der Waals surface area contributed by atoms with Crippen molar-refractivity contribution in [3.63, 3.8) is 0 Å². The summed E-state index contributed by atoms with van der Waals surface area (Å²) >= 11 is 8.36. The van der Waals surface area contributed by atoms with Gasteiger partial charge in [-0.05, 0) is 26.7 Å². The minimum atomic E-state index is 0.171. The van der Waals surface area contributed by atoms with Crippen LogP contribution in [0, 0.1) is 6.92 Å². The number of hydrogen-bond acceptors (Lipinski definition) is 3. The molecule has 1 aromatic heterocycles. The molecule has 0 amide bonds. The van der Waals surface area contributed by atoms with Crippen molar-refractivity contribution in [2.24, 2.45) is 5.73 Å². The van der Waals surface area contributed by atoms with Crippen LogP contribution in [-0.2, 0) is 13.0 Å². The fourth-order valence-electron chi connectivity index (χ4n) is 2.69. The van der Waals surface area contributed by atoms with E-state index in [1.54, 1.807) is 0 Å². The minimum absolute atomic E-state index is 0.171. The molecule has 108 valence electrons. The van der Waals surface area contributed by atoms with Gasteiger partial charge in [-0.15, -0.1) is 0 Å². The van der Waals surface area contributed by atoms with Crippen molar-refractivity contribution in [1.82, 2.24) is 9.78 Å². The van der Waals surface area contributed by atoms with Crippen molar-refractivity contribution >= 4 is 23.4 Å². The zero-order chi connectivity index (χ0) is 13.8. The van der Waals surface area contributed by atoms with Gasteiger partial charge in [0.15, 0.2) is 0 Å². The van der Waals surface area contributed by atoms with Crippen LogP contribution in [0.4, 0.5) is 0 Å². The molecule has 2 rings (SSSR count). The summed E-state index contributed by atoms with van der Waals surface area (Å²) in [7, 11) is 0. The average Bonchev–Trinajstić information content (AvgIpc) is 3.00. The lowest BCUT2D eigenvalue weighted by atomic mass is 10.2. The van der Waals surface area contributed by atoms with Gasteiger partial charge < -0.3 is 5.73 Å². The van der Waals surface area contributed by atoms with Crippen molar-refractivity contribution in [1.29, 1.82) is 0 Å². The lowest BCUT2D eigenvalue weighted by Crippen LogP contribution is -2.28. The maximum absolute atomic E-state index is 6.32. The molecule has 1 aliphatic carbocycles. The van der Waals surface area contributed by atoms with Gasteiger partial charge in [0.2, 0.25) is 0 Å². The molecule has 0 radical (unpaired) electrons. The number of rotatable bonds is 6. The third-order valence-corrected chi connectivity index (χ3v) is 5.81. The highest BCUT2D eigenvalue weighted by Gasteiger charge is 2.19. The predicted octanol–water partition coefficient (Wildman–Crippen LogP) is 3.41. The molecule has 5 heteroatoms. The third-order valence-electron chi connectivity index (χ3n) is 3.76. The Labute approximate surface area is 125 Å². The summed E-state index contributed by atoms with van der Waals surface area (Å²) in [6.07, 6.45) is 6.34. The molecule has 1 aromatic rings. The molecule has 1 atom stereocenters. The van der Waals surface area contributed by atoms with Gasteiger partial charge in [-0.1, -0.05) is 24.4 Å². The topological polar surface area (TPSA) is 43.8 Å². The van der Waals surface area contributed by atoms with E-state index in [1.807, 2.05) is 23.4 Å². The Bertz CT molecular complexity index is 413. The molecule has 3 nitrogen and oxygen atoms in total. The standard InChI is InChI=1S/C14H24ClN3S/c1-3-18-13(14(15)10(2)17-18)8-11(16)9-19-12-6-4-5-7-12/h11-12H,3-9,16H2,1-2H3. The largest absolute Gasteiger partial charge is 0.327 e. The van der Waals surface area contributed by atoms with Crippen LogP contribution in [0.2, 0.25) is 5.02 Å². The van der Waals surface area contributed by atoms with Crippen molar-refractivity contribution in [2.75, 3.05) is 5.75 Å². The highest BCUT2D eigenvalue weighted by Crippen LogP contribution is 2.30. The van der Waals surface area contributed by atoms with E-state index < -0.39 is 0 Å². The molecule has 0 aromatic carbocycles. The van der Waals surface area contributed by atoms with Crippen LogP contribution in [0.3, 0.4) is 0 Å². The molecule has 0 spiro atoms. The second-order valence-corrected chi connectivity index (χ2v) is 7.08. The molecule has 1 fully saturated rings. The average molecular weight is 302 g/mol. The fourth-order valence-corrected chi connectivity index (χ4v) is 4.20. The molecule has 1 heterocycles. The van der Waals surface area contributed by atoms with E-state index in [1.165, 1.54) is 25.7 Å². The van der Waals surface area contributed by atoms with Crippen LogP contribution >= 0.6 is 23.4 Å². The van der Waals surface area contributed by atoms with Gasteiger partial charge in [-0.25, -0.2) is 0 Å². The number of nitrogens with zero attached hydrogens (tertiary/aromatic N) is 2. The molecule has 1 saturated carbocycles. The van der Waals surface area contributed by atoms with Crippen LogP contribution in [0.25, 0.3) is 0 Å². The smallest absolute Gasteiger partial charge is 0.0847 e. The van der Waals surface area contributed by atoms with Gasteiger partial charge in [0.25, 0.3) is 0 Å².